The second-order valence-electron chi connectivity index (χ2n) is 14.3. The van der Waals surface area contributed by atoms with Crippen LogP contribution in [0.15, 0.2) is 200 Å². The molecule has 0 aliphatic carbocycles. The van der Waals surface area contributed by atoms with Crippen LogP contribution < -0.4 is 0 Å². The number of rotatable bonds is 5. The van der Waals surface area contributed by atoms with Crippen LogP contribution in [-0.2, 0) is 0 Å². The van der Waals surface area contributed by atoms with Gasteiger partial charge in [-0.1, -0.05) is 182 Å². The molecule has 0 fully saturated rings. The Balaban J connectivity index is 1.22. The van der Waals surface area contributed by atoms with E-state index < -0.39 is 0 Å². The van der Waals surface area contributed by atoms with Gasteiger partial charge in [0.05, 0.1) is 0 Å². The number of benzene rings is 10. The molecule has 3 heteroatoms. The van der Waals surface area contributed by atoms with Gasteiger partial charge in [0.25, 0.3) is 0 Å². The summed E-state index contributed by atoms with van der Waals surface area (Å²) in [5.74, 6) is 1.93. The van der Waals surface area contributed by atoms with Crippen molar-refractivity contribution in [2.75, 3.05) is 0 Å². The standard InChI is InChI=1S/C53H33N3/c1-4-15-34(16-5-1)39-27-30-45-48(33-39)49(35-17-6-2-7-18-35)43-23-12-13-24-44(43)50(45)53-55-51(36-19-8-3-9-20-36)54-52(56-53)46-26-14-25-41-42(46)29-28-40-31-37-21-10-11-22-38(37)32-47(40)41/h1-33H. The van der Waals surface area contributed by atoms with Crippen LogP contribution in [0.3, 0.4) is 0 Å². The molecule has 0 bridgehead atoms. The van der Waals surface area contributed by atoms with E-state index in [9.17, 15) is 0 Å². The number of aromatic nitrogens is 3. The molecule has 1 aromatic heterocycles. The van der Waals surface area contributed by atoms with Crippen LogP contribution in [-0.4, -0.2) is 15.0 Å². The summed E-state index contributed by atoms with van der Waals surface area (Å²) in [5.41, 5.74) is 7.61. The normalized spacial score (nSPS) is 11.6. The number of nitrogens with zero attached hydrogens (tertiary/aromatic N) is 3. The van der Waals surface area contributed by atoms with Gasteiger partial charge in [0, 0.05) is 16.7 Å². The van der Waals surface area contributed by atoms with Crippen LogP contribution in [0, 0.1) is 0 Å². The zero-order valence-electron chi connectivity index (χ0n) is 30.4. The zero-order valence-corrected chi connectivity index (χ0v) is 30.4. The predicted octanol–water partition coefficient (Wildman–Crippen LogP) is 14.0. The summed E-state index contributed by atoms with van der Waals surface area (Å²) in [5, 5.41) is 11.6. The van der Waals surface area contributed by atoms with Crippen molar-refractivity contribution in [2.24, 2.45) is 0 Å². The summed E-state index contributed by atoms with van der Waals surface area (Å²) in [4.78, 5) is 16.0. The zero-order chi connectivity index (χ0) is 37.0. The first-order valence-electron chi connectivity index (χ1n) is 19.0. The Morgan fingerprint density at radius 2 is 0.786 bits per heavy atom. The molecule has 56 heavy (non-hydrogen) atoms. The minimum atomic E-state index is 0.639. The van der Waals surface area contributed by atoms with Crippen LogP contribution in [0.1, 0.15) is 0 Å². The van der Waals surface area contributed by atoms with Crippen molar-refractivity contribution in [3.05, 3.63) is 200 Å². The highest BCUT2D eigenvalue weighted by Crippen LogP contribution is 2.45. The van der Waals surface area contributed by atoms with Gasteiger partial charge in [0.2, 0.25) is 0 Å². The summed E-state index contributed by atoms with van der Waals surface area (Å²) in [6, 6.07) is 71.2. The summed E-state index contributed by atoms with van der Waals surface area (Å²) in [6.45, 7) is 0. The third-order valence-electron chi connectivity index (χ3n) is 11.1. The maximum atomic E-state index is 5.44. The molecule has 11 rings (SSSR count). The third kappa shape index (κ3) is 5.32. The smallest absolute Gasteiger partial charge is 0.165 e. The molecular weight excluding hydrogens is 679 g/mol. The molecule has 0 aliphatic rings. The molecule has 11 aromatic rings. The van der Waals surface area contributed by atoms with E-state index in [1.807, 2.05) is 18.2 Å². The molecular formula is C53H33N3. The third-order valence-corrected chi connectivity index (χ3v) is 11.1. The Labute approximate surface area is 324 Å². The van der Waals surface area contributed by atoms with E-state index in [0.717, 1.165) is 49.2 Å². The van der Waals surface area contributed by atoms with Crippen LogP contribution in [0.4, 0.5) is 0 Å². The molecule has 0 amide bonds. The molecule has 3 nitrogen and oxygen atoms in total. The molecule has 0 saturated heterocycles. The Morgan fingerprint density at radius 1 is 0.232 bits per heavy atom. The Hall–Kier alpha value is -7.49. The summed E-state index contributed by atoms with van der Waals surface area (Å²) >= 11 is 0. The van der Waals surface area contributed by atoms with Crippen molar-refractivity contribution in [1.29, 1.82) is 0 Å². The van der Waals surface area contributed by atoms with Crippen molar-refractivity contribution in [3.63, 3.8) is 0 Å². The van der Waals surface area contributed by atoms with Gasteiger partial charge in [-0.3, -0.25) is 0 Å². The lowest BCUT2D eigenvalue weighted by Gasteiger charge is -2.18. The lowest BCUT2D eigenvalue weighted by Crippen LogP contribution is -2.02. The quantitative estimate of drug-likeness (QED) is 0.132. The SMILES string of the molecule is c1ccc(-c2ccc3c(-c4nc(-c5ccccc5)nc(-c5cccc6c5ccc5cc7ccccc7cc56)n4)c4ccccc4c(-c4ccccc4)c3c2)cc1. The van der Waals surface area contributed by atoms with Crippen molar-refractivity contribution >= 4 is 53.9 Å². The highest BCUT2D eigenvalue weighted by Gasteiger charge is 2.22. The fourth-order valence-electron chi connectivity index (χ4n) is 8.45. The minimum absolute atomic E-state index is 0.639. The van der Waals surface area contributed by atoms with Crippen LogP contribution in [0.2, 0.25) is 0 Å². The fraction of sp³-hybridized carbons (Fsp3) is 0. The fourth-order valence-corrected chi connectivity index (χ4v) is 8.45. The van der Waals surface area contributed by atoms with Crippen molar-refractivity contribution < 1.29 is 0 Å². The molecule has 0 aliphatic heterocycles. The summed E-state index contributed by atoms with van der Waals surface area (Å²) in [7, 11) is 0. The molecule has 0 saturated carbocycles. The first-order valence-corrected chi connectivity index (χ1v) is 19.0. The van der Waals surface area contributed by atoms with E-state index in [2.05, 4.69) is 182 Å². The average Bonchev–Trinajstić information content (AvgIpc) is 3.27. The second kappa shape index (κ2) is 13.1. The number of hydrogen-bond acceptors (Lipinski definition) is 3. The molecule has 10 aromatic carbocycles. The van der Waals surface area contributed by atoms with Crippen LogP contribution >= 0.6 is 0 Å². The van der Waals surface area contributed by atoms with E-state index in [0.29, 0.717) is 17.5 Å². The van der Waals surface area contributed by atoms with Gasteiger partial charge in [-0.15, -0.1) is 0 Å². The number of hydrogen-bond donors (Lipinski definition) is 0. The molecule has 0 N–H and O–H groups in total. The topological polar surface area (TPSA) is 38.7 Å². The van der Waals surface area contributed by atoms with Gasteiger partial charge in [-0.2, -0.15) is 0 Å². The predicted molar refractivity (Wildman–Crippen MR) is 235 cm³/mol. The Kier molecular flexibility index (Phi) is 7.49. The first kappa shape index (κ1) is 32.0. The maximum absolute atomic E-state index is 5.44. The molecule has 0 radical (unpaired) electrons. The van der Waals surface area contributed by atoms with Gasteiger partial charge < -0.3 is 0 Å². The summed E-state index contributed by atoms with van der Waals surface area (Å²) < 4.78 is 0. The molecule has 0 spiro atoms. The van der Waals surface area contributed by atoms with Gasteiger partial charge in [0.15, 0.2) is 17.5 Å². The molecule has 0 unspecified atom stereocenters. The van der Waals surface area contributed by atoms with Crippen molar-refractivity contribution in [1.82, 2.24) is 15.0 Å². The highest BCUT2D eigenvalue weighted by molar-refractivity contribution is 6.21. The molecule has 260 valence electrons. The number of fused-ring (bicyclic) bond motifs is 6. The molecule has 0 atom stereocenters. The average molecular weight is 712 g/mol. The lowest BCUT2D eigenvalue weighted by atomic mass is 9.86. The molecule has 1 heterocycles. The van der Waals surface area contributed by atoms with E-state index >= 15 is 0 Å². The van der Waals surface area contributed by atoms with Crippen LogP contribution in [0.5, 0.6) is 0 Å². The van der Waals surface area contributed by atoms with E-state index in [1.54, 1.807) is 0 Å². The second-order valence-corrected chi connectivity index (χ2v) is 14.3. The summed E-state index contributed by atoms with van der Waals surface area (Å²) in [6.07, 6.45) is 0. The van der Waals surface area contributed by atoms with E-state index in [-0.39, 0.29) is 0 Å². The van der Waals surface area contributed by atoms with E-state index in [1.165, 1.54) is 43.6 Å². The Bertz CT molecular complexity index is 3280. The van der Waals surface area contributed by atoms with Gasteiger partial charge in [0.1, 0.15) is 0 Å². The Morgan fingerprint density at radius 3 is 1.54 bits per heavy atom. The van der Waals surface area contributed by atoms with Gasteiger partial charge in [-0.05, 0) is 94.3 Å². The van der Waals surface area contributed by atoms with Crippen molar-refractivity contribution in [2.45, 2.75) is 0 Å². The van der Waals surface area contributed by atoms with Crippen LogP contribution in [0.25, 0.3) is 110 Å². The lowest BCUT2D eigenvalue weighted by molar-refractivity contribution is 1.08. The first-order chi connectivity index (χ1) is 27.8. The minimum Gasteiger partial charge on any atom is -0.208 e. The van der Waals surface area contributed by atoms with Gasteiger partial charge in [-0.25, -0.2) is 15.0 Å². The highest BCUT2D eigenvalue weighted by atomic mass is 15.0. The maximum Gasteiger partial charge on any atom is 0.165 e. The van der Waals surface area contributed by atoms with E-state index in [4.69, 9.17) is 15.0 Å². The van der Waals surface area contributed by atoms with Crippen molar-refractivity contribution in [3.8, 4) is 56.4 Å². The monoisotopic (exact) mass is 711 g/mol. The largest absolute Gasteiger partial charge is 0.208 e. The van der Waals surface area contributed by atoms with Gasteiger partial charge >= 0.3 is 0 Å².